The van der Waals surface area contributed by atoms with Crippen molar-refractivity contribution in [3.63, 3.8) is 0 Å². The van der Waals surface area contributed by atoms with Gasteiger partial charge in [-0.25, -0.2) is 18.6 Å². The maximum Gasteiger partial charge on any atom is 0.216 e. The Morgan fingerprint density at radius 3 is 2.25 bits per heavy atom. The number of benzene rings is 2. The highest BCUT2D eigenvalue weighted by molar-refractivity contribution is 5.97. The molecule has 0 unspecified atom stereocenters. The van der Waals surface area contributed by atoms with Crippen molar-refractivity contribution in [1.82, 2.24) is 0 Å². The van der Waals surface area contributed by atoms with Crippen LogP contribution in [0.2, 0.25) is 0 Å². The molecule has 1 aromatic heterocycles. The van der Waals surface area contributed by atoms with Crippen molar-refractivity contribution < 1.29 is 33.4 Å². The molecule has 0 saturated heterocycles. The van der Waals surface area contributed by atoms with Gasteiger partial charge in [0.15, 0.2) is 6.20 Å². The van der Waals surface area contributed by atoms with Crippen molar-refractivity contribution >= 4 is 28.2 Å². The molecule has 0 N–H and O–H groups in total. The number of aryl methyl sites for hydroxylation is 3. The van der Waals surface area contributed by atoms with Crippen molar-refractivity contribution in [2.45, 2.75) is 38.6 Å². The van der Waals surface area contributed by atoms with Gasteiger partial charge in [0.05, 0.1) is 5.39 Å². The second-order valence-corrected chi connectivity index (χ2v) is 9.28. The lowest BCUT2D eigenvalue weighted by Crippen LogP contribution is -2.68. The molecule has 0 fully saturated rings. The van der Waals surface area contributed by atoms with Gasteiger partial charge in [-0.1, -0.05) is 30.3 Å². The lowest BCUT2D eigenvalue weighted by molar-refractivity contribution is -2.00. The van der Waals surface area contributed by atoms with Crippen molar-refractivity contribution in [2.24, 2.45) is 0 Å². The van der Waals surface area contributed by atoms with E-state index in [1.807, 2.05) is 0 Å². The fraction of sp³-hybridized carbons (Fsp3) is 0.320. The van der Waals surface area contributed by atoms with E-state index < -0.39 is 10.2 Å². The van der Waals surface area contributed by atoms with Gasteiger partial charge in [0.2, 0.25) is 5.52 Å². The smallest absolute Gasteiger partial charge is 0.216 e. The zero-order chi connectivity index (χ0) is 22.9. The normalized spacial score (nSPS) is 16.4. The molecule has 0 radical (unpaired) electrons. The van der Waals surface area contributed by atoms with Crippen LogP contribution in [0.15, 0.2) is 48.7 Å². The van der Waals surface area contributed by atoms with Crippen LogP contribution >= 0.6 is 0 Å². The number of rotatable bonds is 2. The van der Waals surface area contributed by atoms with Gasteiger partial charge in [-0.2, -0.15) is 4.57 Å². The summed E-state index contributed by atoms with van der Waals surface area (Å²) >= 11 is 0. The minimum atomic E-state index is -4.94. The number of para-hydroxylation sites is 1. The van der Waals surface area contributed by atoms with Gasteiger partial charge in [0.25, 0.3) is 0 Å². The van der Waals surface area contributed by atoms with E-state index in [-0.39, 0.29) is 0 Å². The van der Waals surface area contributed by atoms with Crippen LogP contribution in [0.3, 0.4) is 0 Å². The zero-order valence-electron chi connectivity index (χ0n) is 18.3. The van der Waals surface area contributed by atoms with E-state index in [1.54, 1.807) is 0 Å². The third kappa shape index (κ3) is 5.11. The van der Waals surface area contributed by atoms with Crippen LogP contribution < -0.4 is 28.1 Å². The van der Waals surface area contributed by atoms with Crippen molar-refractivity contribution in [2.75, 3.05) is 19.0 Å². The van der Waals surface area contributed by atoms with Gasteiger partial charge in [0, 0.05) is 42.9 Å². The molecule has 1 aliphatic heterocycles. The molecule has 2 aliphatic rings. The van der Waals surface area contributed by atoms with Crippen LogP contribution in [0, 0.1) is 10.2 Å². The number of nitrogens with zero attached hydrogens (tertiary/aromatic N) is 2. The first-order valence-corrected chi connectivity index (χ1v) is 12.0. The highest BCUT2D eigenvalue weighted by Crippen LogP contribution is 2.37. The quantitative estimate of drug-likeness (QED) is 0.517. The summed E-state index contributed by atoms with van der Waals surface area (Å²) < 4.78 is 36.5. The Balaban J connectivity index is 0.000000444. The fourth-order valence-corrected chi connectivity index (χ4v) is 4.82. The van der Waals surface area contributed by atoms with Crippen molar-refractivity contribution in [1.29, 1.82) is 0 Å². The predicted octanol–water partition coefficient (Wildman–Crippen LogP) is 0.260. The highest BCUT2D eigenvalue weighted by Gasteiger charge is 2.27. The Kier molecular flexibility index (Phi) is 6.51. The molecule has 168 valence electrons. The second-order valence-electron chi connectivity index (χ2n) is 8.53. The number of pyridine rings is 1. The molecule has 5 rings (SSSR count). The Labute approximate surface area is 190 Å². The first-order valence-electron chi connectivity index (χ1n) is 10.8. The van der Waals surface area contributed by atoms with E-state index in [0.717, 1.165) is 6.54 Å². The lowest BCUT2D eigenvalue weighted by atomic mass is 9.83. The fourth-order valence-electron chi connectivity index (χ4n) is 4.82. The molecule has 2 heterocycles. The molecule has 7 heteroatoms. The van der Waals surface area contributed by atoms with E-state index in [1.165, 1.54) is 76.5 Å². The van der Waals surface area contributed by atoms with Crippen molar-refractivity contribution in [3.8, 4) is 0 Å². The van der Waals surface area contributed by atoms with Gasteiger partial charge in [-0.15, -0.1) is 10.2 Å². The number of hydrogen-bond donors (Lipinski definition) is 0. The van der Waals surface area contributed by atoms with Gasteiger partial charge in [0.1, 0.15) is 6.54 Å². The number of hydrogen-bond acceptors (Lipinski definition) is 5. The number of fused-ring (bicyclic) bond motifs is 2. The molecule has 0 spiro atoms. The minimum absolute atomic E-state index is 1.16. The first-order chi connectivity index (χ1) is 15.2. The van der Waals surface area contributed by atoms with Crippen molar-refractivity contribution in [3.05, 3.63) is 70.9 Å². The van der Waals surface area contributed by atoms with Gasteiger partial charge >= 0.3 is 0 Å². The molecule has 1 aliphatic carbocycles. The third-order valence-corrected chi connectivity index (χ3v) is 6.12. The lowest BCUT2D eigenvalue weighted by Gasteiger charge is -2.22. The molecule has 3 aromatic rings. The first kappa shape index (κ1) is 22.7. The zero-order valence-corrected chi connectivity index (χ0v) is 19.1. The molecule has 6 nitrogen and oxygen atoms in total. The van der Waals surface area contributed by atoms with Crippen LogP contribution in [-0.4, -0.2) is 14.1 Å². The molecule has 32 heavy (non-hydrogen) atoms. The predicted molar refractivity (Wildman–Crippen MR) is 114 cm³/mol. The van der Waals surface area contributed by atoms with Gasteiger partial charge < -0.3 is 4.90 Å². The monoisotopic (exact) mass is 454 g/mol. The molecule has 0 amide bonds. The summed E-state index contributed by atoms with van der Waals surface area (Å²) in [5, 5.41) is 1.46. The SMILES string of the molecule is CN(C)c1ccc(/C=C2/CCCc3c[n+]4c5c(cccc5c32)CCC4)cc1.[O-][Cl+3]([O-])([O-])[O-]. The summed E-state index contributed by atoms with van der Waals surface area (Å²) in [7, 11) is -0.762. The summed E-state index contributed by atoms with van der Waals surface area (Å²) in [6.45, 7) is 1.16. The maximum absolute atomic E-state index is 8.49. The maximum atomic E-state index is 8.49. The average Bonchev–Trinajstić information content (AvgIpc) is 2.73. The van der Waals surface area contributed by atoms with Crippen LogP contribution in [-0.2, 0) is 19.4 Å². The number of aromatic nitrogens is 1. The third-order valence-electron chi connectivity index (χ3n) is 6.12. The van der Waals surface area contributed by atoms with E-state index in [9.17, 15) is 0 Å². The van der Waals surface area contributed by atoms with Gasteiger partial charge in [-0.05, 0) is 55.0 Å². The van der Waals surface area contributed by atoms with E-state index in [0.29, 0.717) is 0 Å². The molecule has 0 saturated carbocycles. The van der Waals surface area contributed by atoms with Gasteiger partial charge in [-0.3, -0.25) is 0 Å². The highest BCUT2D eigenvalue weighted by atomic mass is 35.7. The number of halogens is 1. The average molecular weight is 455 g/mol. The molecular formula is C25H27ClN2O4. The summed E-state index contributed by atoms with van der Waals surface area (Å²) in [6, 6.07) is 15.8. The summed E-state index contributed by atoms with van der Waals surface area (Å²) in [6.07, 6.45) is 11.0. The molecular weight excluding hydrogens is 428 g/mol. The van der Waals surface area contributed by atoms with Crippen LogP contribution in [0.5, 0.6) is 0 Å². The van der Waals surface area contributed by atoms with Crippen LogP contribution in [0.25, 0.3) is 22.6 Å². The molecule has 0 bridgehead atoms. The standard InChI is InChI=1S/C25H27N2.ClHO4/c1-26(2)22-13-11-18(12-14-22)16-20-7-3-8-21-17-27-15-5-9-19-6-4-10-23(24(20)21)25(19)27;2-1(3,4)5/h4,6,10-14,16-17H,3,5,7-9,15H2,1-2H3;(H,2,3,4,5)/q+1;/p-1. The second kappa shape index (κ2) is 9.17. The Hall–Kier alpha value is -2.48. The summed E-state index contributed by atoms with van der Waals surface area (Å²) in [4.78, 5) is 2.15. The Bertz CT molecular complexity index is 1150. The summed E-state index contributed by atoms with van der Waals surface area (Å²) in [5.41, 5.74) is 10.1. The summed E-state index contributed by atoms with van der Waals surface area (Å²) in [5.74, 6) is 0. The van der Waals surface area contributed by atoms with E-state index in [4.69, 9.17) is 18.6 Å². The van der Waals surface area contributed by atoms with E-state index >= 15 is 0 Å². The Morgan fingerprint density at radius 1 is 0.875 bits per heavy atom. The van der Waals surface area contributed by atoms with Crippen LogP contribution in [0.1, 0.15) is 41.5 Å². The topological polar surface area (TPSA) is 99.4 Å². The van der Waals surface area contributed by atoms with Crippen LogP contribution in [0.4, 0.5) is 5.69 Å². The Morgan fingerprint density at radius 2 is 1.56 bits per heavy atom. The largest absolute Gasteiger partial charge is 0.378 e. The molecule has 0 atom stereocenters. The number of allylic oxidation sites excluding steroid dienone is 1. The molecule has 2 aromatic carbocycles. The minimum Gasteiger partial charge on any atom is -0.378 e. The van der Waals surface area contributed by atoms with E-state index in [2.05, 4.69) is 78.3 Å². The number of anilines is 1.